The Balaban J connectivity index is 1.64. The molecule has 4 heterocycles. The number of aromatic nitrogens is 5. The number of aliphatic imine (C=N–C) groups is 1. The minimum Gasteiger partial charge on any atom is -0.481 e. The average Bonchev–Trinajstić information content (AvgIpc) is 3.40. The number of anilines is 2. The molecule has 1 unspecified atom stereocenters. The molecule has 36 heavy (non-hydrogen) atoms. The SMILES string of the molecule is Cc1nn(C)c(C)c1Nc1ccc(C2=N[C@@H](C(C)C(=O)O)c3nnc(C)n3-c3sc(C)c(C)c32)cc1. The summed E-state index contributed by atoms with van der Waals surface area (Å²) in [5.41, 5.74) is 7.74. The zero-order valence-electron chi connectivity index (χ0n) is 21.4. The number of fused-ring (bicyclic) bond motifs is 3. The predicted octanol–water partition coefficient (Wildman–Crippen LogP) is 4.96. The standard InChI is InChI=1S/C26H29N7O2S/c1-12-16(5)36-25-20(12)23(28-21(13(2)26(34)35)24-30-29-17(6)33(24)25)18-8-10-19(11-9-18)27-22-14(3)31-32(7)15(22)4/h8-11,13,21,27H,1-7H3,(H,34,35)/t13?,21-/m0/s1. The molecule has 0 radical (unpaired) electrons. The van der Waals surface area contributed by atoms with Crippen molar-refractivity contribution in [3.05, 3.63) is 68.9 Å². The van der Waals surface area contributed by atoms with E-state index in [0.717, 1.165) is 50.2 Å². The molecule has 0 spiro atoms. The number of carbonyl (C=O) groups is 1. The molecule has 3 aromatic heterocycles. The van der Waals surface area contributed by atoms with Crippen LogP contribution in [0.15, 0.2) is 29.3 Å². The van der Waals surface area contributed by atoms with Crippen molar-refractivity contribution in [1.29, 1.82) is 0 Å². The summed E-state index contributed by atoms with van der Waals surface area (Å²) < 4.78 is 3.84. The summed E-state index contributed by atoms with van der Waals surface area (Å²) in [6, 6.07) is 7.42. The third kappa shape index (κ3) is 3.72. The molecule has 186 valence electrons. The Morgan fingerprint density at radius 1 is 1.11 bits per heavy atom. The molecular formula is C26H29N7O2S. The Labute approximate surface area is 213 Å². The summed E-state index contributed by atoms with van der Waals surface area (Å²) in [6.45, 7) is 11.8. The van der Waals surface area contributed by atoms with E-state index in [1.807, 2.05) is 61.3 Å². The van der Waals surface area contributed by atoms with Gasteiger partial charge in [0.25, 0.3) is 0 Å². The number of benzene rings is 1. The molecule has 2 N–H and O–H groups in total. The van der Waals surface area contributed by atoms with Crippen LogP contribution in [0.2, 0.25) is 0 Å². The summed E-state index contributed by atoms with van der Waals surface area (Å²) >= 11 is 1.66. The van der Waals surface area contributed by atoms with Crippen molar-refractivity contribution in [2.45, 2.75) is 47.6 Å². The molecule has 1 aliphatic heterocycles. The van der Waals surface area contributed by atoms with Crippen molar-refractivity contribution in [3.8, 4) is 5.00 Å². The number of carboxylic acid groups (broad SMARTS) is 1. The number of aryl methyl sites for hydroxylation is 4. The highest BCUT2D eigenvalue weighted by molar-refractivity contribution is 7.15. The summed E-state index contributed by atoms with van der Waals surface area (Å²) in [7, 11) is 1.93. The second-order valence-corrected chi connectivity index (χ2v) is 10.5. The summed E-state index contributed by atoms with van der Waals surface area (Å²) in [6.07, 6.45) is 0. The Kier molecular flexibility index (Phi) is 5.78. The van der Waals surface area contributed by atoms with Crippen molar-refractivity contribution in [2.75, 3.05) is 5.32 Å². The van der Waals surface area contributed by atoms with Crippen LogP contribution >= 0.6 is 11.3 Å². The number of thiophene rings is 1. The first-order valence-electron chi connectivity index (χ1n) is 11.8. The first-order chi connectivity index (χ1) is 17.1. The lowest BCUT2D eigenvalue weighted by Gasteiger charge is -2.16. The monoisotopic (exact) mass is 503 g/mol. The maximum absolute atomic E-state index is 12.0. The highest BCUT2D eigenvalue weighted by Gasteiger charge is 2.36. The normalized spacial score (nSPS) is 15.6. The predicted molar refractivity (Wildman–Crippen MR) is 141 cm³/mol. The van der Waals surface area contributed by atoms with Crippen LogP contribution in [0.25, 0.3) is 5.00 Å². The van der Waals surface area contributed by atoms with Crippen LogP contribution in [-0.2, 0) is 11.8 Å². The van der Waals surface area contributed by atoms with Gasteiger partial charge in [-0.15, -0.1) is 21.5 Å². The van der Waals surface area contributed by atoms with E-state index in [2.05, 4.69) is 34.5 Å². The van der Waals surface area contributed by atoms with Gasteiger partial charge in [-0.1, -0.05) is 12.1 Å². The van der Waals surface area contributed by atoms with Gasteiger partial charge in [0.15, 0.2) is 5.82 Å². The third-order valence-corrected chi connectivity index (χ3v) is 8.18. The zero-order valence-corrected chi connectivity index (χ0v) is 22.2. The van der Waals surface area contributed by atoms with E-state index in [0.29, 0.717) is 11.6 Å². The van der Waals surface area contributed by atoms with Gasteiger partial charge >= 0.3 is 5.97 Å². The Morgan fingerprint density at radius 2 is 1.81 bits per heavy atom. The van der Waals surface area contributed by atoms with Gasteiger partial charge in [0.2, 0.25) is 0 Å². The molecule has 2 atom stereocenters. The minimum absolute atomic E-state index is 0.556. The van der Waals surface area contributed by atoms with E-state index in [4.69, 9.17) is 4.99 Å². The van der Waals surface area contributed by atoms with Crippen LogP contribution in [0.1, 0.15) is 57.6 Å². The molecule has 4 aromatic rings. The van der Waals surface area contributed by atoms with Crippen LogP contribution in [-0.4, -0.2) is 41.3 Å². The van der Waals surface area contributed by atoms with Gasteiger partial charge < -0.3 is 10.4 Å². The molecule has 9 nitrogen and oxygen atoms in total. The second-order valence-electron chi connectivity index (χ2n) is 9.33. The topological polar surface area (TPSA) is 110 Å². The lowest BCUT2D eigenvalue weighted by Crippen LogP contribution is -2.21. The second kappa shape index (κ2) is 8.70. The van der Waals surface area contributed by atoms with Gasteiger partial charge in [-0.25, -0.2) is 0 Å². The lowest BCUT2D eigenvalue weighted by atomic mass is 9.98. The zero-order chi connectivity index (χ0) is 25.9. The smallest absolute Gasteiger partial charge is 0.308 e. The number of hydrogen-bond acceptors (Lipinski definition) is 7. The molecule has 0 bridgehead atoms. The van der Waals surface area contributed by atoms with Gasteiger partial charge in [0, 0.05) is 28.7 Å². The Hall–Kier alpha value is -3.79. The quantitative estimate of drug-likeness (QED) is 0.398. The molecule has 0 amide bonds. The van der Waals surface area contributed by atoms with Gasteiger partial charge in [0.1, 0.15) is 16.9 Å². The Bertz CT molecular complexity index is 1520. The van der Waals surface area contributed by atoms with Crippen LogP contribution in [0.3, 0.4) is 0 Å². The van der Waals surface area contributed by atoms with Crippen molar-refractivity contribution >= 4 is 34.4 Å². The van der Waals surface area contributed by atoms with Crippen molar-refractivity contribution in [3.63, 3.8) is 0 Å². The molecule has 1 aliphatic rings. The van der Waals surface area contributed by atoms with E-state index in [-0.39, 0.29) is 0 Å². The first-order valence-corrected chi connectivity index (χ1v) is 12.6. The highest BCUT2D eigenvalue weighted by Crippen LogP contribution is 2.40. The maximum Gasteiger partial charge on any atom is 0.308 e. The number of rotatable bonds is 5. The van der Waals surface area contributed by atoms with Crippen molar-refractivity contribution < 1.29 is 9.90 Å². The number of carboxylic acids is 1. The van der Waals surface area contributed by atoms with E-state index in [1.165, 1.54) is 4.88 Å². The fourth-order valence-electron chi connectivity index (χ4n) is 4.63. The van der Waals surface area contributed by atoms with Crippen LogP contribution < -0.4 is 5.32 Å². The van der Waals surface area contributed by atoms with Crippen molar-refractivity contribution in [2.24, 2.45) is 18.0 Å². The minimum atomic E-state index is -0.921. The molecule has 0 saturated heterocycles. The van der Waals surface area contributed by atoms with E-state index in [9.17, 15) is 9.90 Å². The van der Waals surface area contributed by atoms with Gasteiger partial charge in [0.05, 0.1) is 28.7 Å². The van der Waals surface area contributed by atoms with E-state index >= 15 is 0 Å². The molecule has 10 heteroatoms. The molecule has 0 fully saturated rings. The fourth-order valence-corrected chi connectivity index (χ4v) is 5.84. The third-order valence-electron chi connectivity index (χ3n) is 6.99. The fraction of sp³-hybridized carbons (Fsp3) is 0.346. The van der Waals surface area contributed by atoms with E-state index in [1.54, 1.807) is 18.3 Å². The highest BCUT2D eigenvalue weighted by atomic mass is 32.1. The van der Waals surface area contributed by atoms with Crippen LogP contribution in [0.4, 0.5) is 11.4 Å². The Morgan fingerprint density at radius 3 is 2.42 bits per heavy atom. The lowest BCUT2D eigenvalue weighted by molar-refractivity contribution is -0.141. The molecule has 0 saturated carbocycles. The maximum atomic E-state index is 12.0. The summed E-state index contributed by atoms with van der Waals surface area (Å²) in [4.78, 5) is 18.3. The van der Waals surface area contributed by atoms with Gasteiger partial charge in [-0.2, -0.15) is 5.10 Å². The molecular weight excluding hydrogens is 474 g/mol. The largest absolute Gasteiger partial charge is 0.481 e. The van der Waals surface area contributed by atoms with Gasteiger partial charge in [-0.3, -0.25) is 19.0 Å². The number of nitrogens with one attached hydrogen (secondary N) is 1. The summed E-state index contributed by atoms with van der Waals surface area (Å²) in [5, 5.41) is 27.5. The number of aliphatic carboxylic acids is 1. The van der Waals surface area contributed by atoms with Gasteiger partial charge in [-0.05, 0) is 59.2 Å². The van der Waals surface area contributed by atoms with Crippen molar-refractivity contribution in [1.82, 2.24) is 24.5 Å². The summed E-state index contributed by atoms with van der Waals surface area (Å²) in [5.74, 6) is -0.417. The van der Waals surface area contributed by atoms with Crippen LogP contribution in [0.5, 0.6) is 0 Å². The number of hydrogen-bond donors (Lipinski definition) is 2. The van der Waals surface area contributed by atoms with Crippen LogP contribution in [0, 0.1) is 40.5 Å². The van der Waals surface area contributed by atoms with E-state index < -0.39 is 17.9 Å². The molecule has 0 aliphatic carbocycles. The number of nitrogens with zero attached hydrogens (tertiary/aromatic N) is 6. The average molecular weight is 504 g/mol. The molecule has 1 aromatic carbocycles. The first kappa shape index (κ1) is 23.9. The molecule has 5 rings (SSSR count).